The maximum atomic E-state index is 8.78. The lowest BCUT2D eigenvalue weighted by molar-refractivity contribution is 0.288. The molecular weight excluding hydrogens is 279 g/mol. The third kappa shape index (κ3) is 1.51. The first-order chi connectivity index (χ1) is 5.86. The number of nitrogens with zero attached hydrogens (tertiary/aromatic N) is 3. The standard InChI is InChI=1S/C5H2Cl5N3/c6-4(3-11)5(7,8)13(10)2-1-12(4)9/h1-2H. The van der Waals surface area contributed by atoms with E-state index in [0.29, 0.717) is 0 Å². The van der Waals surface area contributed by atoms with Crippen LogP contribution in [0, 0.1) is 11.3 Å². The Kier molecular flexibility index (Phi) is 3.01. The van der Waals surface area contributed by atoms with Crippen LogP contribution in [0.1, 0.15) is 0 Å². The fourth-order valence-corrected chi connectivity index (χ4v) is 1.74. The zero-order chi connectivity index (χ0) is 10.3. The smallest absolute Gasteiger partial charge is 0.253 e. The van der Waals surface area contributed by atoms with E-state index in [1.54, 1.807) is 6.07 Å². The van der Waals surface area contributed by atoms with Crippen LogP contribution in [-0.4, -0.2) is 18.3 Å². The summed E-state index contributed by atoms with van der Waals surface area (Å²) in [5, 5.41) is 8.78. The third-order valence-corrected chi connectivity index (χ3v) is 4.07. The van der Waals surface area contributed by atoms with Crippen molar-refractivity contribution in [2.45, 2.75) is 9.46 Å². The maximum absolute atomic E-state index is 8.78. The summed E-state index contributed by atoms with van der Waals surface area (Å²) in [7, 11) is 0. The monoisotopic (exact) mass is 279 g/mol. The van der Waals surface area contributed by atoms with E-state index in [-0.39, 0.29) is 0 Å². The van der Waals surface area contributed by atoms with Gasteiger partial charge in [0.25, 0.3) is 9.46 Å². The van der Waals surface area contributed by atoms with Crippen molar-refractivity contribution in [3.05, 3.63) is 12.4 Å². The molecule has 0 radical (unpaired) electrons. The SMILES string of the molecule is N#CC1(Cl)N(Cl)C=CN(Cl)C1(Cl)Cl. The Hall–Kier alpha value is 0.280. The first kappa shape index (κ1) is 11.4. The van der Waals surface area contributed by atoms with Crippen LogP contribution in [0.2, 0.25) is 0 Å². The van der Waals surface area contributed by atoms with Crippen LogP contribution < -0.4 is 0 Å². The zero-order valence-electron chi connectivity index (χ0n) is 5.89. The Morgan fingerprint density at radius 2 is 1.54 bits per heavy atom. The minimum absolute atomic E-state index is 0.855. The molecule has 0 amide bonds. The Morgan fingerprint density at radius 3 is 1.92 bits per heavy atom. The van der Waals surface area contributed by atoms with Gasteiger partial charge in [-0.25, -0.2) is 0 Å². The molecule has 1 unspecified atom stereocenters. The summed E-state index contributed by atoms with van der Waals surface area (Å²) in [4.78, 5) is -1.84. The van der Waals surface area contributed by atoms with E-state index in [9.17, 15) is 0 Å². The highest BCUT2D eigenvalue weighted by Crippen LogP contribution is 2.48. The topological polar surface area (TPSA) is 30.3 Å². The highest BCUT2D eigenvalue weighted by atomic mass is 35.5. The molecule has 0 spiro atoms. The van der Waals surface area contributed by atoms with Gasteiger partial charge in [-0.15, -0.1) is 0 Å². The molecule has 0 saturated heterocycles. The van der Waals surface area contributed by atoms with E-state index >= 15 is 0 Å². The number of hydrogen-bond donors (Lipinski definition) is 0. The molecule has 0 aromatic rings. The molecule has 0 fully saturated rings. The van der Waals surface area contributed by atoms with Crippen LogP contribution in [-0.2, 0) is 0 Å². The molecule has 1 aliphatic heterocycles. The molecule has 0 saturated carbocycles. The summed E-state index contributed by atoms with van der Waals surface area (Å²) in [6.07, 6.45) is 2.56. The van der Waals surface area contributed by atoms with Crippen molar-refractivity contribution >= 4 is 58.4 Å². The minimum Gasteiger partial charge on any atom is -0.253 e. The maximum Gasteiger partial charge on any atom is 0.269 e. The van der Waals surface area contributed by atoms with E-state index in [1.165, 1.54) is 12.4 Å². The molecule has 1 rings (SSSR count). The van der Waals surface area contributed by atoms with Crippen molar-refractivity contribution in [3.63, 3.8) is 0 Å². The van der Waals surface area contributed by atoms with Gasteiger partial charge in [0.05, 0.1) is 0 Å². The zero-order valence-corrected chi connectivity index (χ0v) is 9.67. The predicted octanol–water partition coefficient (Wildman–Crippen LogP) is 2.97. The lowest BCUT2D eigenvalue weighted by atomic mass is 10.3. The molecule has 0 N–H and O–H groups in total. The van der Waals surface area contributed by atoms with Crippen LogP contribution in [0.15, 0.2) is 12.4 Å². The highest BCUT2D eigenvalue weighted by molar-refractivity contribution is 6.56. The number of halogens is 5. The van der Waals surface area contributed by atoms with Gasteiger partial charge in [0.2, 0.25) is 0 Å². The first-order valence-electron chi connectivity index (χ1n) is 2.93. The number of nitriles is 1. The summed E-state index contributed by atoms with van der Waals surface area (Å²) in [6, 6.07) is 1.67. The quantitative estimate of drug-likeness (QED) is 0.388. The Balaban J connectivity index is 3.21. The Bertz CT molecular complexity index is 284. The van der Waals surface area contributed by atoms with Crippen LogP contribution in [0.4, 0.5) is 0 Å². The molecule has 1 aliphatic rings. The van der Waals surface area contributed by atoms with E-state index in [2.05, 4.69) is 0 Å². The number of rotatable bonds is 0. The van der Waals surface area contributed by atoms with Crippen molar-refractivity contribution in [2.24, 2.45) is 0 Å². The van der Waals surface area contributed by atoms with Gasteiger partial charge >= 0.3 is 0 Å². The van der Waals surface area contributed by atoms with Gasteiger partial charge in [-0.05, 0) is 0 Å². The molecule has 1 atom stereocenters. The highest BCUT2D eigenvalue weighted by Gasteiger charge is 2.58. The van der Waals surface area contributed by atoms with Crippen molar-refractivity contribution in [1.82, 2.24) is 8.84 Å². The van der Waals surface area contributed by atoms with Crippen molar-refractivity contribution in [1.29, 1.82) is 5.26 Å². The van der Waals surface area contributed by atoms with E-state index in [4.69, 9.17) is 63.6 Å². The van der Waals surface area contributed by atoms with Crippen LogP contribution >= 0.6 is 58.4 Å². The third-order valence-electron chi connectivity index (χ3n) is 1.44. The lowest BCUT2D eigenvalue weighted by Crippen LogP contribution is -2.56. The Labute approximate surface area is 100 Å². The van der Waals surface area contributed by atoms with Gasteiger partial charge in [0.15, 0.2) is 0 Å². The molecule has 0 aliphatic carbocycles. The predicted molar refractivity (Wildman–Crippen MR) is 53.2 cm³/mol. The Morgan fingerprint density at radius 1 is 1.08 bits per heavy atom. The second-order valence-electron chi connectivity index (χ2n) is 2.20. The molecule has 8 heteroatoms. The van der Waals surface area contributed by atoms with Crippen LogP contribution in [0.3, 0.4) is 0 Å². The van der Waals surface area contributed by atoms with Crippen molar-refractivity contribution < 1.29 is 0 Å². The van der Waals surface area contributed by atoms with Gasteiger partial charge in [0.1, 0.15) is 6.07 Å². The van der Waals surface area contributed by atoms with Crippen LogP contribution in [0.25, 0.3) is 0 Å². The van der Waals surface area contributed by atoms with Gasteiger partial charge in [-0.1, -0.05) is 34.8 Å². The summed E-state index contributed by atoms with van der Waals surface area (Å²) < 4.78 is -0.111. The minimum atomic E-state index is -1.84. The molecule has 1 heterocycles. The van der Waals surface area contributed by atoms with Gasteiger partial charge in [-0.2, -0.15) is 5.26 Å². The van der Waals surface area contributed by atoms with Crippen LogP contribution in [0.5, 0.6) is 0 Å². The normalized spacial score (nSPS) is 31.7. The average molecular weight is 281 g/mol. The number of alkyl halides is 3. The molecular formula is C5H2Cl5N3. The van der Waals surface area contributed by atoms with E-state index < -0.39 is 9.46 Å². The fraction of sp³-hybridized carbons (Fsp3) is 0.400. The van der Waals surface area contributed by atoms with Gasteiger partial charge in [0, 0.05) is 36.0 Å². The van der Waals surface area contributed by atoms with E-state index in [1.807, 2.05) is 0 Å². The van der Waals surface area contributed by atoms with E-state index in [0.717, 1.165) is 8.84 Å². The fourth-order valence-electron chi connectivity index (χ4n) is 0.698. The summed E-state index contributed by atoms with van der Waals surface area (Å²) in [6.45, 7) is 0. The van der Waals surface area contributed by atoms with Gasteiger partial charge < -0.3 is 0 Å². The molecule has 72 valence electrons. The lowest BCUT2D eigenvalue weighted by Gasteiger charge is -2.42. The molecule has 13 heavy (non-hydrogen) atoms. The number of hydrogen-bond acceptors (Lipinski definition) is 3. The summed E-state index contributed by atoms with van der Waals surface area (Å²) in [5.41, 5.74) is 0. The summed E-state index contributed by atoms with van der Waals surface area (Å²) in [5.74, 6) is 0. The molecule has 0 aromatic heterocycles. The summed E-state index contributed by atoms with van der Waals surface area (Å²) >= 11 is 28.5. The largest absolute Gasteiger partial charge is 0.269 e. The van der Waals surface area contributed by atoms with Crippen molar-refractivity contribution in [2.75, 3.05) is 0 Å². The average Bonchev–Trinajstić information content (AvgIpc) is 2.09. The van der Waals surface area contributed by atoms with Crippen molar-refractivity contribution in [3.8, 4) is 6.07 Å². The molecule has 0 aromatic carbocycles. The first-order valence-corrected chi connectivity index (χ1v) is 4.74. The second-order valence-corrected chi connectivity index (χ2v) is 4.76. The molecule has 0 bridgehead atoms. The van der Waals surface area contributed by atoms with Gasteiger partial charge in [-0.3, -0.25) is 8.84 Å². The second kappa shape index (κ2) is 3.45. The molecule has 3 nitrogen and oxygen atoms in total.